The van der Waals surface area contributed by atoms with Crippen molar-refractivity contribution in [1.29, 1.82) is 0 Å². The number of benzene rings is 1. The molecule has 27 heavy (non-hydrogen) atoms. The number of fused-ring (bicyclic) bond motifs is 2. The van der Waals surface area contributed by atoms with Crippen LogP contribution >= 0.6 is 12.4 Å². The second-order valence-corrected chi connectivity index (χ2v) is 7.64. The maximum Gasteiger partial charge on any atom is 0.278 e. The van der Waals surface area contributed by atoms with Crippen molar-refractivity contribution in [2.45, 2.75) is 51.1 Å². The van der Waals surface area contributed by atoms with Gasteiger partial charge < -0.3 is 15.3 Å². The second kappa shape index (κ2) is 7.90. The van der Waals surface area contributed by atoms with E-state index in [0.29, 0.717) is 5.92 Å². The molecule has 1 aromatic heterocycles. The fraction of sp³-hybridized carbons (Fsp3) is 0.500. The third kappa shape index (κ3) is 3.69. The van der Waals surface area contributed by atoms with Crippen molar-refractivity contribution in [2.24, 2.45) is 0 Å². The van der Waals surface area contributed by atoms with Crippen LogP contribution in [0.2, 0.25) is 0 Å². The van der Waals surface area contributed by atoms with Gasteiger partial charge in [-0.2, -0.15) is 5.10 Å². The first-order valence-corrected chi connectivity index (χ1v) is 9.47. The van der Waals surface area contributed by atoms with Crippen LogP contribution in [0.1, 0.15) is 55.1 Å². The minimum Gasteiger partial charge on any atom is -0.504 e. The van der Waals surface area contributed by atoms with Crippen LogP contribution in [-0.2, 0) is 0 Å². The van der Waals surface area contributed by atoms with Gasteiger partial charge >= 0.3 is 0 Å². The minimum atomic E-state index is -0.156. The van der Waals surface area contributed by atoms with Gasteiger partial charge in [0.1, 0.15) is 0 Å². The van der Waals surface area contributed by atoms with Crippen LogP contribution in [0.3, 0.4) is 0 Å². The number of aromatic hydroxyl groups is 1. The van der Waals surface area contributed by atoms with Crippen LogP contribution < -0.4 is 5.32 Å². The Morgan fingerprint density at radius 1 is 1.19 bits per heavy atom. The summed E-state index contributed by atoms with van der Waals surface area (Å²) < 4.78 is 1.59. The van der Waals surface area contributed by atoms with Gasteiger partial charge in [-0.05, 0) is 49.4 Å². The Morgan fingerprint density at radius 3 is 2.59 bits per heavy atom. The molecule has 2 saturated heterocycles. The monoisotopic (exact) mass is 390 g/mol. The summed E-state index contributed by atoms with van der Waals surface area (Å²) in [6.45, 7) is 6.06. The van der Waals surface area contributed by atoms with Crippen molar-refractivity contribution in [1.82, 2.24) is 20.0 Å². The highest BCUT2D eigenvalue weighted by atomic mass is 35.5. The van der Waals surface area contributed by atoms with Crippen LogP contribution in [0.15, 0.2) is 30.5 Å². The molecular formula is C20H27ClN4O2. The highest BCUT2D eigenvalue weighted by molar-refractivity contribution is 5.95. The van der Waals surface area contributed by atoms with Gasteiger partial charge in [-0.15, -0.1) is 12.4 Å². The molecule has 0 spiro atoms. The van der Waals surface area contributed by atoms with Crippen molar-refractivity contribution in [2.75, 3.05) is 13.1 Å². The average Bonchev–Trinajstić information content (AvgIpc) is 3.13. The van der Waals surface area contributed by atoms with Crippen LogP contribution in [0.5, 0.6) is 5.75 Å². The van der Waals surface area contributed by atoms with E-state index in [0.717, 1.165) is 38.0 Å². The number of carbonyl (C=O) groups is 1. The summed E-state index contributed by atoms with van der Waals surface area (Å²) in [7, 11) is 0. The first-order valence-electron chi connectivity index (χ1n) is 9.47. The summed E-state index contributed by atoms with van der Waals surface area (Å²) in [4.78, 5) is 15.0. The Hall–Kier alpha value is -2.05. The van der Waals surface area contributed by atoms with Gasteiger partial charge in [-0.3, -0.25) is 4.79 Å². The molecule has 146 valence electrons. The maximum absolute atomic E-state index is 13.1. The maximum atomic E-state index is 13.1. The quantitative estimate of drug-likeness (QED) is 0.844. The first kappa shape index (κ1) is 19.7. The number of amides is 1. The van der Waals surface area contributed by atoms with E-state index in [9.17, 15) is 9.90 Å². The molecule has 1 aromatic carbocycles. The van der Waals surface area contributed by atoms with Crippen LogP contribution in [0.25, 0.3) is 5.69 Å². The number of carbonyl (C=O) groups excluding carboxylic acids is 1. The number of halogens is 1. The smallest absolute Gasteiger partial charge is 0.278 e. The van der Waals surface area contributed by atoms with E-state index in [2.05, 4.69) is 36.4 Å². The molecule has 3 heterocycles. The molecule has 0 radical (unpaired) electrons. The van der Waals surface area contributed by atoms with Gasteiger partial charge in [0.2, 0.25) is 0 Å². The summed E-state index contributed by atoms with van der Waals surface area (Å²) >= 11 is 0. The van der Waals surface area contributed by atoms with Gasteiger partial charge in [-0.1, -0.05) is 26.0 Å². The van der Waals surface area contributed by atoms with E-state index >= 15 is 0 Å². The first-order chi connectivity index (χ1) is 12.5. The largest absolute Gasteiger partial charge is 0.504 e. The highest BCUT2D eigenvalue weighted by Crippen LogP contribution is 2.31. The Balaban J connectivity index is 0.00000210. The summed E-state index contributed by atoms with van der Waals surface area (Å²) in [5, 5.41) is 18.2. The molecule has 6 nitrogen and oxygen atoms in total. The number of hydrogen-bond donors (Lipinski definition) is 2. The van der Waals surface area contributed by atoms with E-state index in [1.807, 2.05) is 17.0 Å². The number of nitrogens with zero attached hydrogens (tertiary/aromatic N) is 3. The molecule has 2 aliphatic rings. The SMILES string of the molecule is CC(C)c1ccc(-n2cc(O)c(C(=O)N3C4CCNCC3CC4)n2)cc1.Cl. The Bertz CT molecular complexity index is 789. The zero-order chi connectivity index (χ0) is 18.3. The number of hydrogen-bond acceptors (Lipinski definition) is 4. The van der Waals surface area contributed by atoms with Crippen molar-refractivity contribution < 1.29 is 9.90 Å². The van der Waals surface area contributed by atoms with E-state index in [1.165, 1.54) is 11.8 Å². The molecule has 2 aliphatic heterocycles. The molecule has 2 fully saturated rings. The second-order valence-electron chi connectivity index (χ2n) is 7.64. The van der Waals surface area contributed by atoms with Gasteiger partial charge in [0.15, 0.2) is 11.4 Å². The summed E-state index contributed by atoms with van der Waals surface area (Å²) in [5.74, 6) is 0.245. The molecule has 2 unspecified atom stereocenters. The van der Waals surface area contributed by atoms with Crippen molar-refractivity contribution in [3.63, 3.8) is 0 Å². The molecule has 7 heteroatoms. The zero-order valence-corrected chi connectivity index (χ0v) is 16.6. The van der Waals surface area contributed by atoms with E-state index in [1.54, 1.807) is 4.68 Å². The van der Waals surface area contributed by atoms with Crippen molar-refractivity contribution >= 4 is 18.3 Å². The van der Waals surface area contributed by atoms with E-state index in [4.69, 9.17) is 0 Å². The molecule has 1 amide bonds. The van der Waals surface area contributed by atoms with Gasteiger partial charge in [0.05, 0.1) is 11.9 Å². The van der Waals surface area contributed by atoms with Gasteiger partial charge in [0, 0.05) is 18.6 Å². The number of rotatable bonds is 3. The fourth-order valence-electron chi connectivity index (χ4n) is 4.10. The fourth-order valence-corrected chi connectivity index (χ4v) is 4.10. The molecule has 2 atom stereocenters. The molecule has 0 aliphatic carbocycles. The van der Waals surface area contributed by atoms with Gasteiger partial charge in [-0.25, -0.2) is 4.68 Å². The summed E-state index contributed by atoms with van der Waals surface area (Å²) in [5.41, 5.74) is 2.23. The topological polar surface area (TPSA) is 70.4 Å². The predicted molar refractivity (Wildman–Crippen MR) is 107 cm³/mol. The Labute approximate surface area is 166 Å². The molecule has 2 bridgehead atoms. The molecule has 0 saturated carbocycles. The lowest BCUT2D eigenvalue weighted by Crippen LogP contribution is -2.42. The zero-order valence-electron chi connectivity index (χ0n) is 15.8. The Morgan fingerprint density at radius 2 is 1.89 bits per heavy atom. The van der Waals surface area contributed by atoms with Crippen LogP contribution in [0, 0.1) is 0 Å². The number of nitrogens with one attached hydrogen (secondary N) is 1. The normalized spacial score (nSPS) is 21.8. The molecular weight excluding hydrogens is 364 g/mol. The van der Waals surface area contributed by atoms with Crippen LogP contribution in [-0.4, -0.2) is 50.9 Å². The molecule has 4 rings (SSSR count). The molecule has 2 aromatic rings. The Kier molecular flexibility index (Phi) is 5.77. The molecule has 2 N–H and O–H groups in total. The summed E-state index contributed by atoms with van der Waals surface area (Å²) in [6.07, 6.45) is 4.54. The van der Waals surface area contributed by atoms with Crippen molar-refractivity contribution in [3.8, 4) is 11.4 Å². The lowest BCUT2D eigenvalue weighted by atomic mass is 10.0. The predicted octanol–water partition coefficient (Wildman–Crippen LogP) is 3.09. The third-order valence-electron chi connectivity index (χ3n) is 5.61. The third-order valence-corrected chi connectivity index (χ3v) is 5.61. The number of aromatic nitrogens is 2. The lowest BCUT2D eigenvalue weighted by Gasteiger charge is -2.27. The lowest BCUT2D eigenvalue weighted by molar-refractivity contribution is 0.0670. The summed E-state index contributed by atoms with van der Waals surface area (Å²) in [6, 6.07) is 8.50. The minimum absolute atomic E-state index is 0. The van der Waals surface area contributed by atoms with E-state index < -0.39 is 0 Å². The highest BCUT2D eigenvalue weighted by Gasteiger charge is 2.40. The standard InChI is InChI=1S/C20H26N4O2.ClH/c1-13(2)14-3-5-15(6-4-14)23-12-18(25)19(22-23)20(26)24-16-7-8-17(24)11-21-10-9-16;/h3-6,12-13,16-17,21,25H,7-11H2,1-2H3;1H. The van der Waals surface area contributed by atoms with Crippen molar-refractivity contribution in [3.05, 3.63) is 41.7 Å². The van der Waals surface area contributed by atoms with Gasteiger partial charge in [0.25, 0.3) is 5.91 Å². The van der Waals surface area contributed by atoms with E-state index in [-0.39, 0.29) is 41.8 Å². The van der Waals surface area contributed by atoms with Crippen LogP contribution in [0.4, 0.5) is 0 Å². The average molecular weight is 391 g/mol.